The van der Waals surface area contributed by atoms with Gasteiger partial charge in [0.2, 0.25) is 5.91 Å². The Labute approximate surface area is 106 Å². The lowest BCUT2D eigenvalue weighted by Gasteiger charge is -2.34. The van der Waals surface area contributed by atoms with E-state index >= 15 is 0 Å². The zero-order valence-corrected chi connectivity index (χ0v) is 11.6. The van der Waals surface area contributed by atoms with E-state index in [1.165, 1.54) is 0 Å². The summed E-state index contributed by atoms with van der Waals surface area (Å²) in [6, 6.07) is 0. The highest BCUT2D eigenvalue weighted by Gasteiger charge is 2.20. The predicted octanol–water partition coefficient (Wildman–Crippen LogP) is 0.882. The fourth-order valence-electron chi connectivity index (χ4n) is 2.25. The first-order valence-corrected chi connectivity index (χ1v) is 6.86. The first-order valence-electron chi connectivity index (χ1n) is 6.86. The summed E-state index contributed by atoms with van der Waals surface area (Å²) in [7, 11) is 2.11. The molecule has 0 spiro atoms. The smallest absolute Gasteiger partial charge is 0.236 e. The van der Waals surface area contributed by atoms with Gasteiger partial charge in [-0.15, -0.1) is 0 Å². The third-order valence-corrected chi connectivity index (χ3v) is 3.29. The Bertz CT molecular complexity index is 219. The molecule has 17 heavy (non-hydrogen) atoms. The lowest BCUT2D eigenvalue weighted by molar-refractivity contribution is -0.134. The molecule has 1 saturated heterocycles. The van der Waals surface area contributed by atoms with Crippen molar-refractivity contribution < 1.29 is 4.79 Å². The largest absolute Gasteiger partial charge is 0.339 e. The van der Waals surface area contributed by atoms with E-state index < -0.39 is 0 Å². The molecule has 1 fully saturated rings. The van der Waals surface area contributed by atoms with Gasteiger partial charge in [-0.3, -0.25) is 9.69 Å². The second-order valence-corrected chi connectivity index (χ2v) is 4.96. The molecule has 0 aromatic carbocycles. The third-order valence-electron chi connectivity index (χ3n) is 3.29. The lowest BCUT2D eigenvalue weighted by atomic mass is 10.3. The van der Waals surface area contributed by atoms with Crippen molar-refractivity contribution in [1.82, 2.24) is 14.7 Å². The highest BCUT2D eigenvalue weighted by atomic mass is 16.2. The van der Waals surface area contributed by atoms with Crippen LogP contribution in [0, 0.1) is 0 Å². The molecular formula is C13H27N3O. The third kappa shape index (κ3) is 5.04. The first kappa shape index (κ1) is 14.5. The minimum atomic E-state index is 0.306. The van der Waals surface area contributed by atoms with Crippen LogP contribution in [0.25, 0.3) is 0 Å². The summed E-state index contributed by atoms with van der Waals surface area (Å²) in [5.74, 6) is 0.306. The number of piperazine rings is 1. The Morgan fingerprint density at radius 2 is 1.59 bits per heavy atom. The van der Waals surface area contributed by atoms with Crippen molar-refractivity contribution in [3.8, 4) is 0 Å². The van der Waals surface area contributed by atoms with Crippen LogP contribution in [-0.4, -0.2) is 73.5 Å². The standard InChI is InChI=1S/C13H27N3O/c1-4-6-15(7-5-2)12-13(17)16-10-8-14(3)9-11-16/h4-12H2,1-3H3. The van der Waals surface area contributed by atoms with Crippen molar-refractivity contribution in [2.45, 2.75) is 26.7 Å². The number of likely N-dealkylation sites (N-methyl/N-ethyl adjacent to an activating group) is 1. The number of nitrogens with zero attached hydrogens (tertiary/aromatic N) is 3. The molecule has 100 valence electrons. The summed E-state index contributed by atoms with van der Waals surface area (Å²) in [6.07, 6.45) is 2.24. The molecule has 0 aliphatic carbocycles. The van der Waals surface area contributed by atoms with Crippen LogP contribution in [0.3, 0.4) is 0 Å². The molecular weight excluding hydrogens is 214 g/mol. The van der Waals surface area contributed by atoms with Crippen LogP contribution >= 0.6 is 0 Å². The highest BCUT2D eigenvalue weighted by Crippen LogP contribution is 2.02. The predicted molar refractivity (Wildman–Crippen MR) is 71.1 cm³/mol. The molecule has 0 N–H and O–H groups in total. The number of carbonyl (C=O) groups excluding carboxylic acids is 1. The number of carbonyl (C=O) groups is 1. The van der Waals surface area contributed by atoms with Crippen molar-refractivity contribution >= 4 is 5.91 Å². The maximum absolute atomic E-state index is 12.1. The van der Waals surface area contributed by atoms with Gasteiger partial charge in [0.05, 0.1) is 6.54 Å². The molecule has 0 aromatic heterocycles. The molecule has 4 nitrogen and oxygen atoms in total. The van der Waals surface area contributed by atoms with Gasteiger partial charge in [0.25, 0.3) is 0 Å². The summed E-state index contributed by atoms with van der Waals surface area (Å²) >= 11 is 0. The van der Waals surface area contributed by atoms with E-state index in [0.29, 0.717) is 12.5 Å². The van der Waals surface area contributed by atoms with Crippen LogP contribution < -0.4 is 0 Å². The maximum Gasteiger partial charge on any atom is 0.236 e. The fraction of sp³-hybridized carbons (Fsp3) is 0.923. The van der Waals surface area contributed by atoms with Crippen molar-refractivity contribution in [2.24, 2.45) is 0 Å². The van der Waals surface area contributed by atoms with Gasteiger partial charge in [-0.2, -0.15) is 0 Å². The van der Waals surface area contributed by atoms with Gasteiger partial charge < -0.3 is 9.80 Å². The summed E-state index contributed by atoms with van der Waals surface area (Å²) in [5.41, 5.74) is 0. The molecule has 0 saturated carbocycles. The topological polar surface area (TPSA) is 26.8 Å². The minimum Gasteiger partial charge on any atom is -0.339 e. The van der Waals surface area contributed by atoms with Gasteiger partial charge in [-0.25, -0.2) is 0 Å². The van der Waals surface area contributed by atoms with Crippen LogP contribution in [0.15, 0.2) is 0 Å². The quantitative estimate of drug-likeness (QED) is 0.691. The van der Waals surface area contributed by atoms with Crippen LogP contribution in [0.4, 0.5) is 0 Å². The molecule has 0 radical (unpaired) electrons. The van der Waals surface area contributed by atoms with E-state index in [9.17, 15) is 4.79 Å². The van der Waals surface area contributed by atoms with Gasteiger partial charge in [-0.1, -0.05) is 13.8 Å². The zero-order valence-electron chi connectivity index (χ0n) is 11.6. The second kappa shape index (κ2) is 7.67. The molecule has 1 aliphatic heterocycles. The SMILES string of the molecule is CCCN(CCC)CC(=O)N1CCN(C)CC1. The Morgan fingerprint density at radius 3 is 2.06 bits per heavy atom. The summed E-state index contributed by atoms with van der Waals surface area (Å²) in [6.45, 7) is 10.8. The Balaban J connectivity index is 2.35. The van der Waals surface area contributed by atoms with Gasteiger partial charge in [-0.05, 0) is 33.0 Å². The molecule has 1 aliphatic rings. The summed E-state index contributed by atoms with van der Waals surface area (Å²) in [5, 5.41) is 0. The van der Waals surface area contributed by atoms with Gasteiger partial charge >= 0.3 is 0 Å². The van der Waals surface area contributed by atoms with E-state index in [4.69, 9.17) is 0 Å². The van der Waals surface area contributed by atoms with Crippen LogP contribution in [0.5, 0.6) is 0 Å². The Kier molecular flexibility index (Phi) is 6.52. The molecule has 1 rings (SSSR count). The molecule has 0 aromatic rings. The van der Waals surface area contributed by atoms with Crippen LogP contribution in [-0.2, 0) is 4.79 Å². The monoisotopic (exact) mass is 241 g/mol. The summed E-state index contributed by atoms with van der Waals surface area (Å²) in [4.78, 5) is 18.7. The Hall–Kier alpha value is -0.610. The number of hydrogen-bond acceptors (Lipinski definition) is 3. The Morgan fingerprint density at radius 1 is 1.06 bits per heavy atom. The minimum absolute atomic E-state index is 0.306. The van der Waals surface area contributed by atoms with E-state index in [1.807, 2.05) is 4.90 Å². The fourth-order valence-corrected chi connectivity index (χ4v) is 2.25. The van der Waals surface area contributed by atoms with E-state index in [0.717, 1.165) is 52.1 Å². The summed E-state index contributed by atoms with van der Waals surface area (Å²) < 4.78 is 0. The van der Waals surface area contributed by atoms with Crippen molar-refractivity contribution in [3.63, 3.8) is 0 Å². The average molecular weight is 241 g/mol. The van der Waals surface area contributed by atoms with Crippen LogP contribution in [0.2, 0.25) is 0 Å². The normalized spacial score (nSPS) is 17.8. The number of rotatable bonds is 6. The second-order valence-electron chi connectivity index (χ2n) is 4.96. The van der Waals surface area contributed by atoms with E-state index in [1.54, 1.807) is 0 Å². The van der Waals surface area contributed by atoms with Gasteiger partial charge in [0.1, 0.15) is 0 Å². The molecule has 0 bridgehead atoms. The molecule has 0 atom stereocenters. The molecule has 4 heteroatoms. The first-order chi connectivity index (χ1) is 8.17. The maximum atomic E-state index is 12.1. The number of amides is 1. The van der Waals surface area contributed by atoms with E-state index in [-0.39, 0.29) is 0 Å². The van der Waals surface area contributed by atoms with Crippen molar-refractivity contribution in [1.29, 1.82) is 0 Å². The zero-order chi connectivity index (χ0) is 12.7. The van der Waals surface area contributed by atoms with Gasteiger partial charge in [0.15, 0.2) is 0 Å². The lowest BCUT2D eigenvalue weighted by Crippen LogP contribution is -2.50. The average Bonchev–Trinajstić information content (AvgIpc) is 2.30. The molecule has 1 amide bonds. The van der Waals surface area contributed by atoms with Gasteiger partial charge in [0, 0.05) is 26.2 Å². The molecule has 1 heterocycles. The van der Waals surface area contributed by atoms with E-state index in [2.05, 4.69) is 30.7 Å². The van der Waals surface area contributed by atoms with Crippen LogP contribution in [0.1, 0.15) is 26.7 Å². The highest BCUT2D eigenvalue weighted by molar-refractivity contribution is 5.78. The van der Waals surface area contributed by atoms with Crippen molar-refractivity contribution in [3.05, 3.63) is 0 Å². The molecule has 0 unspecified atom stereocenters. The van der Waals surface area contributed by atoms with Crippen molar-refractivity contribution in [2.75, 3.05) is 52.9 Å². The number of hydrogen-bond donors (Lipinski definition) is 0.